The third-order valence-electron chi connectivity index (χ3n) is 5.81. The molecule has 0 N–H and O–H groups in total. The fraction of sp³-hybridized carbons (Fsp3) is 0.583. The molecule has 1 aromatic heterocycles. The molecular formula is C24H33N3O3. The van der Waals surface area contributed by atoms with Crippen molar-refractivity contribution in [3.8, 4) is 11.1 Å². The van der Waals surface area contributed by atoms with E-state index >= 15 is 0 Å². The van der Waals surface area contributed by atoms with Crippen molar-refractivity contribution in [1.82, 2.24) is 14.7 Å². The van der Waals surface area contributed by atoms with Crippen LogP contribution in [0.3, 0.4) is 0 Å². The van der Waals surface area contributed by atoms with Crippen molar-refractivity contribution < 1.29 is 14.3 Å². The molecule has 0 radical (unpaired) electrons. The van der Waals surface area contributed by atoms with E-state index in [1.165, 1.54) is 6.42 Å². The summed E-state index contributed by atoms with van der Waals surface area (Å²) in [6.07, 6.45) is 10.3. The second-order valence-electron chi connectivity index (χ2n) is 9.34. The molecule has 1 amide bonds. The summed E-state index contributed by atoms with van der Waals surface area (Å²) in [4.78, 5) is 14.6. The van der Waals surface area contributed by atoms with Gasteiger partial charge in [-0.3, -0.25) is 0 Å². The number of piperidine rings is 1. The lowest BCUT2D eigenvalue weighted by Gasteiger charge is -2.37. The first-order chi connectivity index (χ1) is 14.4. The van der Waals surface area contributed by atoms with Gasteiger partial charge in [0.25, 0.3) is 0 Å². The van der Waals surface area contributed by atoms with Crippen LogP contribution in [0.15, 0.2) is 36.7 Å². The molecule has 162 valence electrons. The Morgan fingerprint density at radius 1 is 1.07 bits per heavy atom. The van der Waals surface area contributed by atoms with E-state index in [0.717, 1.165) is 61.9 Å². The van der Waals surface area contributed by atoms with Gasteiger partial charge in [0, 0.05) is 24.9 Å². The number of hydrogen-bond donors (Lipinski definition) is 0. The lowest BCUT2D eigenvalue weighted by atomic mass is 9.94. The van der Waals surface area contributed by atoms with Crippen molar-refractivity contribution in [2.24, 2.45) is 0 Å². The van der Waals surface area contributed by atoms with Gasteiger partial charge in [0.1, 0.15) is 11.8 Å². The zero-order valence-electron chi connectivity index (χ0n) is 18.3. The predicted octanol–water partition coefficient (Wildman–Crippen LogP) is 5.71. The Labute approximate surface area is 179 Å². The Morgan fingerprint density at radius 3 is 2.53 bits per heavy atom. The van der Waals surface area contributed by atoms with E-state index in [9.17, 15) is 4.79 Å². The highest BCUT2D eigenvalue weighted by Crippen LogP contribution is 2.33. The number of hydrogen-bond acceptors (Lipinski definition) is 4. The molecule has 0 bridgehead atoms. The van der Waals surface area contributed by atoms with Crippen LogP contribution in [-0.4, -0.2) is 39.5 Å². The van der Waals surface area contributed by atoms with Gasteiger partial charge in [-0.2, -0.15) is 5.10 Å². The van der Waals surface area contributed by atoms with Gasteiger partial charge >= 0.3 is 6.09 Å². The predicted molar refractivity (Wildman–Crippen MR) is 116 cm³/mol. The van der Waals surface area contributed by atoms with Gasteiger partial charge in [-0.05, 0) is 70.4 Å². The molecule has 3 heterocycles. The Hall–Kier alpha value is -2.34. The Morgan fingerprint density at radius 2 is 1.83 bits per heavy atom. The van der Waals surface area contributed by atoms with Crippen molar-refractivity contribution >= 4 is 6.09 Å². The van der Waals surface area contributed by atoms with Crippen LogP contribution in [0.5, 0.6) is 0 Å². The maximum absolute atomic E-state index is 12.7. The summed E-state index contributed by atoms with van der Waals surface area (Å²) >= 11 is 0. The first-order valence-corrected chi connectivity index (χ1v) is 11.2. The molecule has 2 aliphatic heterocycles. The molecule has 2 aliphatic rings. The molecule has 6 nitrogen and oxygen atoms in total. The largest absolute Gasteiger partial charge is 0.444 e. The monoisotopic (exact) mass is 411 g/mol. The van der Waals surface area contributed by atoms with Crippen molar-refractivity contribution in [3.63, 3.8) is 0 Å². The van der Waals surface area contributed by atoms with Crippen LogP contribution < -0.4 is 0 Å². The van der Waals surface area contributed by atoms with Crippen LogP contribution in [0.1, 0.15) is 77.1 Å². The number of nitrogens with zero attached hydrogens (tertiary/aromatic N) is 3. The minimum absolute atomic E-state index is 0.0522. The maximum atomic E-state index is 12.7. The van der Waals surface area contributed by atoms with Crippen LogP contribution in [0.4, 0.5) is 4.79 Å². The summed E-state index contributed by atoms with van der Waals surface area (Å²) < 4.78 is 13.4. The van der Waals surface area contributed by atoms with Crippen molar-refractivity contribution in [1.29, 1.82) is 0 Å². The van der Waals surface area contributed by atoms with E-state index in [1.54, 1.807) is 0 Å². The molecule has 0 aliphatic carbocycles. The molecule has 4 rings (SSSR count). The quantitative estimate of drug-likeness (QED) is 0.649. The van der Waals surface area contributed by atoms with Gasteiger partial charge < -0.3 is 14.4 Å². The molecule has 1 aromatic carbocycles. The molecule has 2 fully saturated rings. The zero-order valence-corrected chi connectivity index (χ0v) is 18.3. The molecule has 6 heteroatoms. The number of benzene rings is 1. The zero-order chi connectivity index (χ0) is 21.1. The standard InChI is InChI=1S/C24H33N3O3/c1-24(2,3)30-23(28)26-14-6-4-8-21(26)19-12-10-18(11-13-19)20-16-25-27(17-20)22-9-5-7-15-29-22/h10-13,16-17,21-22H,4-9,14-15H2,1-3H3/t21-,22?/m0/s1. The molecule has 2 aromatic rings. The van der Waals surface area contributed by atoms with E-state index in [2.05, 4.69) is 35.6 Å². The molecule has 0 saturated carbocycles. The number of rotatable bonds is 3. The first-order valence-electron chi connectivity index (χ1n) is 11.2. The van der Waals surface area contributed by atoms with Gasteiger partial charge in [-0.25, -0.2) is 9.48 Å². The number of likely N-dealkylation sites (tertiary alicyclic amines) is 1. The van der Waals surface area contributed by atoms with Crippen LogP contribution >= 0.6 is 0 Å². The normalized spacial score (nSPS) is 22.7. The van der Waals surface area contributed by atoms with Crippen LogP contribution in [0.2, 0.25) is 0 Å². The highest BCUT2D eigenvalue weighted by molar-refractivity contribution is 5.69. The molecule has 2 saturated heterocycles. The van der Waals surface area contributed by atoms with Gasteiger partial charge in [-0.1, -0.05) is 24.3 Å². The first kappa shape index (κ1) is 20.9. The van der Waals surface area contributed by atoms with Crippen LogP contribution in [0, 0.1) is 0 Å². The fourth-order valence-electron chi connectivity index (χ4n) is 4.29. The van der Waals surface area contributed by atoms with Gasteiger partial charge in [0.05, 0.1) is 12.2 Å². The third-order valence-corrected chi connectivity index (χ3v) is 5.81. The van der Waals surface area contributed by atoms with Crippen LogP contribution in [0.25, 0.3) is 11.1 Å². The number of aromatic nitrogens is 2. The summed E-state index contributed by atoms with van der Waals surface area (Å²) in [5, 5.41) is 4.52. The minimum atomic E-state index is -0.481. The lowest BCUT2D eigenvalue weighted by Crippen LogP contribution is -2.41. The maximum Gasteiger partial charge on any atom is 0.410 e. The van der Waals surface area contributed by atoms with E-state index < -0.39 is 5.60 Å². The fourth-order valence-corrected chi connectivity index (χ4v) is 4.29. The summed E-state index contributed by atoms with van der Waals surface area (Å²) in [6, 6.07) is 8.59. The number of carbonyl (C=O) groups is 1. The van der Waals surface area contributed by atoms with Crippen molar-refractivity contribution in [3.05, 3.63) is 42.2 Å². The summed E-state index contributed by atoms with van der Waals surface area (Å²) in [7, 11) is 0. The van der Waals surface area contributed by atoms with Gasteiger partial charge in [0.15, 0.2) is 0 Å². The summed E-state index contributed by atoms with van der Waals surface area (Å²) in [5.41, 5.74) is 2.89. The van der Waals surface area contributed by atoms with Gasteiger partial charge in [-0.15, -0.1) is 0 Å². The molecule has 30 heavy (non-hydrogen) atoms. The highest BCUT2D eigenvalue weighted by atomic mass is 16.6. The number of ether oxygens (including phenoxy) is 2. The minimum Gasteiger partial charge on any atom is -0.444 e. The summed E-state index contributed by atoms with van der Waals surface area (Å²) in [6.45, 7) is 7.30. The average Bonchev–Trinajstić information content (AvgIpc) is 3.24. The topological polar surface area (TPSA) is 56.6 Å². The molecule has 1 unspecified atom stereocenters. The number of carbonyl (C=O) groups excluding carboxylic acids is 1. The smallest absolute Gasteiger partial charge is 0.410 e. The Kier molecular flexibility index (Phi) is 6.14. The second-order valence-corrected chi connectivity index (χ2v) is 9.34. The Bertz CT molecular complexity index is 847. The van der Waals surface area contributed by atoms with E-state index in [-0.39, 0.29) is 18.4 Å². The van der Waals surface area contributed by atoms with E-state index in [1.807, 2.05) is 36.5 Å². The molecule has 2 atom stereocenters. The van der Waals surface area contributed by atoms with Crippen molar-refractivity contribution in [2.75, 3.05) is 13.2 Å². The average molecular weight is 412 g/mol. The SMILES string of the molecule is CC(C)(C)OC(=O)N1CCCC[C@H]1c1ccc(-c2cnn(C3CCCCO3)c2)cc1. The van der Waals surface area contributed by atoms with E-state index in [0.29, 0.717) is 0 Å². The molecule has 0 spiro atoms. The number of amides is 1. The Balaban J connectivity index is 1.48. The van der Waals surface area contributed by atoms with Crippen LogP contribution in [-0.2, 0) is 9.47 Å². The second kappa shape index (κ2) is 8.80. The van der Waals surface area contributed by atoms with E-state index in [4.69, 9.17) is 9.47 Å². The highest BCUT2D eigenvalue weighted by Gasteiger charge is 2.31. The summed E-state index contributed by atoms with van der Waals surface area (Å²) in [5.74, 6) is 0. The third kappa shape index (κ3) is 4.86. The van der Waals surface area contributed by atoms with Gasteiger partial charge in [0.2, 0.25) is 0 Å². The molecular weight excluding hydrogens is 378 g/mol. The van der Waals surface area contributed by atoms with Crippen molar-refractivity contribution in [2.45, 2.75) is 77.2 Å². The lowest BCUT2D eigenvalue weighted by molar-refractivity contribution is -0.0394.